The molecule has 0 radical (unpaired) electrons. The van der Waals surface area contributed by atoms with Gasteiger partial charge in [-0.15, -0.1) is 0 Å². The number of nitrogens with zero attached hydrogens (tertiary/aromatic N) is 2. The SMILES string of the molecule is Cc1noc(CCNC(=O)C2CCC(N)C(C)C2(C)C)n1. The molecule has 1 heterocycles. The van der Waals surface area contributed by atoms with E-state index in [4.69, 9.17) is 10.3 Å². The van der Waals surface area contributed by atoms with Crippen molar-refractivity contribution in [3.05, 3.63) is 11.7 Å². The van der Waals surface area contributed by atoms with Gasteiger partial charge >= 0.3 is 0 Å². The van der Waals surface area contributed by atoms with Gasteiger partial charge in [0.05, 0.1) is 0 Å². The van der Waals surface area contributed by atoms with Crippen LogP contribution in [0.1, 0.15) is 45.3 Å². The van der Waals surface area contributed by atoms with E-state index >= 15 is 0 Å². The number of aromatic nitrogens is 2. The van der Waals surface area contributed by atoms with Crippen molar-refractivity contribution in [2.45, 2.75) is 53.0 Å². The monoisotopic (exact) mass is 294 g/mol. The van der Waals surface area contributed by atoms with Gasteiger partial charge in [0.15, 0.2) is 5.82 Å². The van der Waals surface area contributed by atoms with E-state index in [0.29, 0.717) is 30.6 Å². The Morgan fingerprint density at radius 3 is 2.81 bits per heavy atom. The fourth-order valence-corrected chi connectivity index (χ4v) is 3.18. The Kier molecular flexibility index (Phi) is 4.66. The Balaban J connectivity index is 1.88. The Morgan fingerprint density at radius 1 is 1.48 bits per heavy atom. The number of nitrogens with two attached hydrogens (primary N) is 1. The molecule has 3 N–H and O–H groups in total. The maximum atomic E-state index is 12.4. The second kappa shape index (κ2) is 6.13. The van der Waals surface area contributed by atoms with E-state index in [-0.39, 0.29) is 23.3 Å². The van der Waals surface area contributed by atoms with Gasteiger partial charge < -0.3 is 15.6 Å². The smallest absolute Gasteiger partial charge is 0.228 e. The van der Waals surface area contributed by atoms with Crippen LogP contribution in [0.25, 0.3) is 0 Å². The summed E-state index contributed by atoms with van der Waals surface area (Å²) in [6, 6.07) is 0.186. The van der Waals surface area contributed by atoms with Crippen molar-refractivity contribution >= 4 is 5.91 Å². The molecule has 1 aromatic rings. The minimum atomic E-state index is -0.0805. The van der Waals surface area contributed by atoms with E-state index in [1.165, 1.54) is 0 Å². The second-order valence-corrected chi connectivity index (χ2v) is 6.68. The topological polar surface area (TPSA) is 94.0 Å². The summed E-state index contributed by atoms with van der Waals surface area (Å²) in [5.74, 6) is 1.63. The minimum Gasteiger partial charge on any atom is -0.355 e. The number of hydrogen-bond donors (Lipinski definition) is 2. The lowest BCUT2D eigenvalue weighted by Gasteiger charge is -2.46. The van der Waals surface area contributed by atoms with Gasteiger partial charge in [0, 0.05) is 24.9 Å². The highest BCUT2D eigenvalue weighted by Gasteiger charge is 2.44. The summed E-state index contributed by atoms with van der Waals surface area (Å²) < 4.78 is 5.03. The van der Waals surface area contributed by atoms with Crippen LogP contribution in [0.15, 0.2) is 4.52 Å². The third-order valence-electron chi connectivity index (χ3n) is 5.03. The van der Waals surface area contributed by atoms with Crippen molar-refractivity contribution in [2.75, 3.05) is 6.54 Å². The van der Waals surface area contributed by atoms with E-state index in [2.05, 4.69) is 36.2 Å². The zero-order valence-electron chi connectivity index (χ0n) is 13.3. The van der Waals surface area contributed by atoms with Crippen LogP contribution in [0.5, 0.6) is 0 Å². The van der Waals surface area contributed by atoms with Crippen molar-refractivity contribution in [1.82, 2.24) is 15.5 Å². The fourth-order valence-electron chi connectivity index (χ4n) is 3.18. The second-order valence-electron chi connectivity index (χ2n) is 6.68. The molecule has 3 unspecified atom stereocenters. The molecule has 1 amide bonds. The van der Waals surface area contributed by atoms with Crippen LogP contribution < -0.4 is 11.1 Å². The fraction of sp³-hybridized carbons (Fsp3) is 0.800. The van der Waals surface area contributed by atoms with Crippen LogP contribution in [0.2, 0.25) is 0 Å². The molecule has 2 rings (SSSR count). The molecule has 1 aliphatic rings. The third kappa shape index (κ3) is 3.43. The van der Waals surface area contributed by atoms with Crippen molar-refractivity contribution in [2.24, 2.45) is 23.0 Å². The predicted molar refractivity (Wildman–Crippen MR) is 79.4 cm³/mol. The number of carbonyl (C=O) groups excluding carboxylic acids is 1. The molecule has 1 fully saturated rings. The van der Waals surface area contributed by atoms with Crippen LogP contribution >= 0.6 is 0 Å². The Labute approximate surface area is 125 Å². The Hall–Kier alpha value is -1.43. The summed E-state index contributed by atoms with van der Waals surface area (Å²) in [4.78, 5) is 16.6. The first-order valence-corrected chi connectivity index (χ1v) is 7.65. The van der Waals surface area contributed by atoms with E-state index in [0.717, 1.165) is 12.8 Å². The van der Waals surface area contributed by atoms with Crippen LogP contribution in [-0.4, -0.2) is 28.6 Å². The summed E-state index contributed by atoms with van der Waals surface area (Å²) in [5, 5.41) is 6.73. The predicted octanol–water partition coefficient (Wildman–Crippen LogP) is 1.44. The Morgan fingerprint density at radius 2 is 2.19 bits per heavy atom. The van der Waals surface area contributed by atoms with Gasteiger partial charge in [-0.3, -0.25) is 4.79 Å². The third-order valence-corrected chi connectivity index (χ3v) is 5.03. The molecule has 0 bridgehead atoms. The van der Waals surface area contributed by atoms with Crippen molar-refractivity contribution < 1.29 is 9.32 Å². The average molecular weight is 294 g/mol. The van der Waals surface area contributed by atoms with Gasteiger partial charge in [-0.05, 0) is 31.1 Å². The van der Waals surface area contributed by atoms with Crippen LogP contribution in [0.3, 0.4) is 0 Å². The highest BCUT2D eigenvalue weighted by Crippen LogP contribution is 2.44. The lowest BCUT2D eigenvalue weighted by molar-refractivity contribution is -0.132. The first kappa shape index (κ1) is 15.9. The highest BCUT2D eigenvalue weighted by atomic mass is 16.5. The minimum absolute atomic E-state index is 0.0109. The summed E-state index contributed by atoms with van der Waals surface area (Å²) in [6.45, 7) is 8.73. The van der Waals surface area contributed by atoms with E-state index in [1.807, 2.05) is 0 Å². The van der Waals surface area contributed by atoms with Crippen LogP contribution in [0.4, 0.5) is 0 Å². The normalized spacial score (nSPS) is 28.3. The molecule has 21 heavy (non-hydrogen) atoms. The Bertz CT molecular complexity index is 498. The summed E-state index contributed by atoms with van der Waals surface area (Å²) in [5.41, 5.74) is 6.05. The quantitative estimate of drug-likeness (QED) is 0.876. The highest BCUT2D eigenvalue weighted by molar-refractivity contribution is 5.79. The van der Waals surface area contributed by atoms with Crippen molar-refractivity contribution in [3.63, 3.8) is 0 Å². The van der Waals surface area contributed by atoms with Crippen molar-refractivity contribution in [1.29, 1.82) is 0 Å². The molecular formula is C15H26N4O2. The molecule has 118 valence electrons. The van der Waals surface area contributed by atoms with Gasteiger partial charge in [-0.25, -0.2) is 0 Å². The zero-order chi connectivity index (χ0) is 15.6. The van der Waals surface area contributed by atoms with Gasteiger partial charge in [0.1, 0.15) is 0 Å². The summed E-state index contributed by atoms with van der Waals surface area (Å²) in [7, 11) is 0. The molecule has 0 aromatic carbocycles. The van der Waals surface area contributed by atoms with E-state index < -0.39 is 0 Å². The van der Waals surface area contributed by atoms with Crippen LogP contribution in [0, 0.1) is 24.2 Å². The van der Waals surface area contributed by atoms with Gasteiger partial charge in [0.25, 0.3) is 0 Å². The molecule has 0 aliphatic heterocycles. The average Bonchev–Trinajstić information content (AvgIpc) is 2.82. The van der Waals surface area contributed by atoms with Gasteiger partial charge in [-0.2, -0.15) is 4.98 Å². The van der Waals surface area contributed by atoms with E-state index in [9.17, 15) is 4.79 Å². The summed E-state index contributed by atoms with van der Waals surface area (Å²) >= 11 is 0. The number of aryl methyl sites for hydroxylation is 1. The van der Waals surface area contributed by atoms with E-state index in [1.54, 1.807) is 6.92 Å². The number of hydrogen-bond acceptors (Lipinski definition) is 5. The van der Waals surface area contributed by atoms with Crippen molar-refractivity contribution in [3.8, 4) is 0 Å². The number of carbonyl (C=O) groups is 1. The molecule has 3 atom stereocenters. The molecule has 1 saturated carbocycles. The zero-order valence-corrected chi connectivity index (χ0v) is 13.3. The first-order valence-electron chi connectivity index (χ1n) is 7.65. The van der Waals surface area contributed by atoms with Gasteiger partial charge in [0.2, 0.25) is 11.8 Å². The molecule has 0 spiro atoms. The lowest BCUT2D eigenvalue weighted by Crippen LogP contribution is -2.51. The largest absolute Gasteiger partial charge is 0.355 e. The molecular weight excluding hydrogens is 268 g/mol. The molecule has 6 nitrogen and oxygen atoms in total. The maximum Gasteiger partial charge on any atom is 0.228 e. The first-order chi connectivity index (χ1) is 9.82. The number of nitrogens with one attached hydrogen (secondary N) is 1. The molecule has 0 saturated heterocycles. The number of amides is 1. The standard InChI is InChI=1S/C15H26N4O2/c1-9-12(16)6-5-11(15(9,3)4)14(20)17-8-7-13-18-10(2)19-21-13/h9,11-12H,5-8,16H2,1-4H3,(H,17,20). The van der Waals surface area contributed by atoms with Gasteiger partial charge in [-0.1, -0.05) is 25.9 Å². The molecule has 6 heteroatoms. The summed E-state index contributed by atoms with van der Waals surface area (Å²) in [6.07, 6.45) is 2.32. The van der Waals surface area contributed by atoms with Crippen LogP contribution in [-0.2, 0) is 11.2 Å². The maximum absolute atomic E-state index is 12.4. The molecule has 1 aromatic heterocycles. The molecule has 1 aliphatic carbocycles. The lowest BCUT2D eigenvalue weighted by atomic mass is 9.61. The number of rotatable bonds is 4.